The third-order valence-electron chi connectivity index (χ3n) is 1.28. The molecule has 3 heteroatoms. The molecule has 1 amide bonds. The first-order valence-electron chi connectivity index (χ1n) is 3.28. The van der Waals surface area contributed by atoms with Crippen LogP contribution in [0, 0.1) is 9.85 Å². The van der Waals surface area contributed by atoms with Crippen molar-refractivity contribution in [1.29, 1.82) is 0 Å². The standard InChI is InChI=1S/C9H6INO/c10-5-4-8-2-1-3-9(6-8)11-7-12/h1-3,6-7H,(H,11,12). The van der Waals surface area contributed by atoms with Gasteiger partial charge in [-0.2, -0.15) is 0 Å². The lowest BCUT2D eigenvalue weighted by Crippen LogP contribution is -1.93. The van der Waals surface area contributed by atoms with Gasteiger partial charge in [-0.25, -0.2) is 0 Å². The smallest absolute Gasteiger partial charge is 0.211 e. The molecule has 0 fully saturated rings. The van der Waals surface area contributed by atoms with Crippen LogP contribution >= 0.6 is 22.6 Å². The molecule has 0 aromatic heterocycles. The maximum absolute atomic E-state index is 10.1. The van der Waals surface area contributed by atoms with E-state index in [-0.39, 0.29) is 0 Å². The third kappa shape index (κ3) is 2.55. The van der Waals surface area contributed by atoms with Crippen molar-refractivity contribution in [2.75, 3.05) is 5.32 Å². The second-order valence-electron chi connectivity index (χ2n) is 2.06. The second kappa shape index (κ2) is 4.78. The molecule has 1 N–H and O–H groups in total. The average molecular weight is 271 g/mol. The summed E-state index contributed by atoms with van der Waals surface area (Å²) in [6, 6.07) is 7.37. The molecule has 0 heterocycles. The van der Waals surface area contributed by atoms with Gasteiger partial charge in [-0.3, -0.25) is 4.79 Å². The van der Waals surface area contributed by atoms with Gasteiger partial charge in [0.2, 0.25) is 6.41 Å². The Bertz CT molecular complexity index is 338. The van der Waals surface area contributed by atoms with Crippen molar-refractivity contribution in [2.24, 2.45) is 0 Å². The van der Waals surface area contributed by atoms with Gasteiger partial charge in [0, 0.05) is 33.8 Å². The van der Waals surface area contributed by atoms with Gasteiger partial charge in [-0.05, 0) is 22.1 Å². The van der Waals surface area contributed by atoms with Crippen molar-refractivity contribution in [1.82, 2.24) is 0 Å². The molecular weight excluding hydrogens is 265 g/mol. The number of nitrogens with one attached hydrogen (secondary N) is 1. The highest BCUT2D eigenvalue weighted by Gasteiger charge is 1.90. The van der Waals surface area contributed by atoms with Gasteiger partial charge in [0.05, 0.1) is 0 Å². The third-order valence-corrected chi connectivity index (χ3v) is 1.55. The van der Waals surface area contributed by atoms with Crippen molar-refractivity contribution in [3.05, 3.63) is 29.8 Å². The summed E-state index contributed by atoms with van der Waals surface area (Å²) in [5.41, 5.74) is 1.66. The Balaban J connectivity index is 2.92. The van der Waals surface area contributed by atoms with Crippen molar-refractivity contribution in [3.63, 3.8) is 0 Å². The molecule has 0 aliphatic heterocycles. The second-order valence-corrected chi connectivity index (χ2v) is 2.60. The number of amides is 1. The molecule has 0 unspecified atom stereocenters. The van der Waals surface area contributed by atoms with Crippen molar-refractivity contribution in [3.8, 4) is 9.85 Å². The zero-order chi connectivity index (χ0) is 8.81. The van der Waals surface area contributed by atoms with Crippen LogP contribution in [0.4, 0.5) is 5.69 Å². The maximum atomic E-state index is 10.1. The Labute approximate surface area is 84.5 Å². The van der Waals surface area contributed by atoms with Crippen molar-refractivity contribution in [2.45, 2.75) is 0 Å². The van der Waals surface area contributed by atoms with Crippen LogP contribution in [-0.2, 0) is 4.79 Å². The molecule has 12 heavy (non-hydrogen) atoms. The molecule has 2 nitrogen and oxygen atoms in total. The fourth-order valence-electron chi connectivity index (χ4n) is 0.809. The van der Waals surface area contributed by atoms with Crippen LogP contribution in [0.3, 0.4) is 0 Å². The monoisotopic (exact) mass is 271 g/mol. The van der Waals surface area contributed by atoms with E-state index < -0.39 is 0 Å². The molecule has 1 aromatic carbocycles. The highest BCUT2D eigenvalue weighted by molar-refractivity contribution is 14.1. The van der Waals surface area contributed by atoms with Crippen LogP contribution in [-0.4, -0.2) is 6.41 Å². The van der Waals surface area contributed by atoms with Gasteiger partial charge < -0.3 is 5.32 Å². The van der Waals surface area contributed by atoms with Crippen LogP contribution in [0.2, 0.25) is 0 Å². The van der Waals surface area contributed by atoms with E-state index in [9.17, 15) is 4.79 Å². The summed E-state index contributed by atoms with van der Waals surface area (Å²) in [5.74, 6) is 2.89. The summed E-state index contributed by atoms with van der Waals surface area (Å²) in [4.78, 5) is 10.1. The van der Waals surface area contributed by atoms with E-state index in [2.05, 4.69) is 15.2 Å². The number of rotatable bonds is 2. The minimum absolute atomic E-state index is 0.649. The highest BCUT2D eigenvalue weighted by Crippen LogP contribution is 2.08. The Hall–Kier alpha value is -1.02. The summed E-state index contributed by atoms with van der Waals surface area (Å²) in [7, 11) is 0. The fraction of sp³-hybridized carbons (Fsp3) is 0. The van der Waals surface area contributed by atoms with Crippen LogP contribution in [0.15, 0.2) is 24.3 Å². The van der Waals surface area contributed by atoms with E-state index in [0.29, 0.717) is 6.41 Å². The summed E-state index contributed by atoms with van der Waals surface area (Å²) in [6.07, 6.45) is 0.649. The minimum atomic E-state index is 0.649. The van der Waals surface area contributed by atoms with E-state index in [1.165, 1.54) is 0 Å². The molecule has 0 radical (unpaired) electrons. The first kappa shape index (κ1) is 9.07. The van der Waals surface area contributed by atoms with Crippen LogP contribution in [0.25, 0.3) is 0 Å². The Morgan fingerprint density at radius 3 is 3.00 bits per heavy atom. The molecular formula is C9H6INO. The van der Waals surface area contributed by atoms with Gasteiger partial charge in [0.1, 0.15) is 0 Å². The molecule has 0 bridgehead atoms. The van der Waals surface area contributed by atoms with E-state index in [4.69, 9.17) is 0 Å². The molecule has 0 aliphatic carbocycles. The quantitative estimate of drug-likeness (QED) is 0.497. The number of halogens is 1. The van der Waals surface area contributed by atoms with Gasteiger partial charge >= 0.3 is 0 Å². The van der Waals surface area contributed by atoms with Crippen molar-refractivity contribution < 1.29 is 4.79 Å². The number of hydrogen-bond donors (Lipinski definition) is 1. The van der Waals surface area contributed by atoms with Crippen LogP contribution < -0.4 is 5.32 Å². The summed E-state index contributed by atoms with van der Waals surface area (Å²) in [6.45, 7) is 0. The molecule has 0 saturated heterocycles. The van der Waals surface area contributed by atoms with E-state index in [1.807, 2.05) is 46.9 Å². The van der Waals surface area contributed by atoms with Crippen LogP contribution in [0.1, 0.15) is 5.56 Å². The predicted octanol–water partition coefficient (Wildman–Crippen LogP) is 2.00. The molecule has 0 spiro atoms. The summed E-state index contributed by atoms with van der Waals surface area (Å²) in [5, 5.41) is 2.56. The van der Waals surface area contributed by atoms with Gasteiger partial charge in [0.25, 0.3) is 0 Å². The summed E-state index contributed by atoms with van der Waals surface area (Å²) >= 11 is 1.97. The summed E-state index contributed by atoms with van der Waals surface area (Å²) < 4.78 is 2.76. The molecule has 0 saturated carbocycles. The Kier molecular flexibility index (Phi) is 3.61. The topological polar surface area (TPSA) is 29.1 Å². The molecule has 1 rings (SSSR count). The Morgan fingerprint density at radius 1 is 1.50 bits per heavy atom. The van der Waals surface area contributed by atoms with E-state index in [0.717, 1.165) is 11.3 Å². The lowest BCUT2D eigenvalue weighted by atomic mass is 10.2. The largest absolute Gasteiger partial charge is 0.329 e. The zero-order valence-corrected chi connectivity index (χ0v) is 8.33. The van der Waals surface area contributed by atoms with E-state index >= 15 is 0 Å². The lowest BCUT2D eigenvalue weighted by molar-refractivity contribution is -0.105. The zero-order valence-electron chi connectivity index (χ0n) is 6.17. The molecule has 1 aromatic rings. The van der Waals surface area contributed by atoms with Gasteiger partial charge in [-0.1, -0.05) is 12.0 Å². The first-order chi connectivity index (χ1) is 5.86. The SMILES string of the molecule is O=CNc1cccc(C#CI)c1. The van der Waals surface area contributed by atoms with Gasteiger partial charge in [-0.15, -0.1) is 0 Å². The molecule has 60 valence electrons. The number of anilines is 1. The number of carbonyl (C=O) groups excluding carboxylic acids is 1. The number of hydrogen-bond acceptors (Lipinski definition) is 1. The van der Waals surface area contributed by atoms with Crippen LogP contribution in [0.5, 0.6) is 0 Å². The highest BCUT2D eigenvalue weighted by atomic mass is 127. The maximum Gasteiger partial charge on any atom is 0.211 e. The molecule has 0 aliphatic rings. The lowest BCUT2D eigenvalue weighted by Gasteiger charge is -1.97. The van der Waals surface area contributed by atoms with Gasteiger partial charge in [0.15, 0.2) is 0 Å². The normalized spacial score (nSPS) is 8.08. The fourth-order valence-corrected chi connectivity index (χ4v) is 1.12. The van der Waals surface area contributed by atoms with Crippen molar-refractivity contribution >= 4 is 34.7 Å². The first-order valence-corrected chi connectivity index (χ1v) is 4.36. The number of benzene rings is 1. The number of carbonyl (C=O) groups is 1. The Morgan fingerprint density at radius 2 is 2.33 bits per heavy atom. The molecule has 0 atom stereocenters. The minimum Gasteiger partial charge on any atom is -0.329 e. The average Bonchev–Trinajstić information content (AvgIpc) is 2.06. The van der Waals surface area contributed by atoms with E-state index in [1.54, 1.807) is 0 Å². The predicted molar refractivity (Wildman–Crippen MR) is 57.0 cm³/mol.